The average molecular weight is 368 g/mol. The molecule has 2 heterocycles. The Morgan fingerprint density at radius 3 is 2.67 bits per heavy atom. The third kappa shape index (κ3) is 3.15. The summed E-state index contributed by atoms with van der Waals surface area (Å²) in [5, 5.41) is 10.7. The molecule has 27 heavy (non-hydrogen) atoms. The third-order valence-corrected chi connectivity index (χ3v) is 5.41. The van der Waals surface area contributed by atoms with Gasteiger partial charge in [-0.1, -0.05) is 18.2 Å². The lowest BCUT2D eigenvalue weighted by molar-refractivity contribution is -0.120. The molecule has 2 aromatic carbocycles. The number of nitrogens with zero attached hydrogens (tertiary/aromatic N) is 2. The summed E-state index contributed by atoms with van der Waals surface area (Å²) in [6, 6.07) is 11.7. The number of hydrogen-bond donors (Lipinski definition) is 1. The Kier molecular flexibility index (Phi) is 4.76. The number of hydrogen-bond acceptors (Lipinski definition) is 5. The van der Waals surface area contributed by atoms with Crippen LogP contribution in [0.1, 0.15) is 22.8 Å². The van der Waals surface area contributed by atoms with E-state index in [1.165, 1.54) is 5.56 Å². The zero-order chi connectivity index (χ0) is 19.0. The van der Waals surface area contributed by atoms with Crippen LogP contribution in [0.5, 0.6) is 11.5 Å². The minimum absolute atomic E-state index is 0.0532. The second kappa shape index (κ2) is 7.21. The van der Waals surface area contributed by atoms with Crippen LogP contribution < -0.4 is 14.4 Å². The van der Waals surface area contributed by atoms with Crippen molar-refractivity contribution >= 4 is 11.6 Å². The van der Waals surface area contributed by atoms with Crippen molar-refractivity contribution in [3.05, 3.63) is 53.1 Å². The van der Waals surface area contributed by atoms with Crippen molar-refractivity contribution in [2.45, 2.75) is 19.1 Å². The van der Waals surface area contributed by atoms with Gasteiger partial charge in [0.15, 0.2) is 0 Å². The first-order valence-corrected chi connectivity index (χ1v) is 9.14. The summed E-state index contributed by atoms with van der Waals surface area (Å²) in [6.07, 6.45) is 0.163. The molecule has 2 aromatic rings. The zero-order valence-corrected chi connectivity index (χ0v) is 15.6. The van der Waals surface area contributed by atoms with Gasteiger partial charge in [0.25, 0.3) is 0 Å². The fourth-order valence-electron chi connectivity index (χ4n) is 4.14. The van der Waals surface area contributed by atoms with Crippen molar-refractivity contribution in [1.29, 1.82) is 0 Å². The van der Waals surface area contributed by atoms with Crippen LogP contribution >= 0.6 is 0 Å². The van der Waals surface area contributed by atoms with Crippen molar-refractivity contribution in [3.63, 3.8) is 0 Å². The van der Waals surface area contributed by atoms with E-state index in [0.29, 0.717) is 31.1 Å². The second-order valence-corrected chi connectivity index (χ2v) is 6.97. The Balaban J connectivity index is 1.55. The Labute approximate surface area is 158 Å². The molecule has 1 N–H and O–H groups in total. The van der Waals surface area contributed by atoms with E-state index < -0.39 is 6.10 Å². The number of carbonyl (C=O) groups is 1. The number of benzene rings is 2. The molecule has 0 bridgehead atoms. The molecule has 0 saturated carbocycles. The van der Waals surface area contributed by atoms with E-state index in [1.807, 2.05) is 40.1 Å². The molecule has 2 aliphatic heterocycles. The molecule has 1 amide bonds. The third-order valence-electron chi connectivity index (χ3n) is 5.41. The molecule has 0 aliphatic carbocycles. The molecule has 0 saturated heterocycles. The molecule has 0 spiro atoms. The molecule has 142 valence electrons. The highest BCUT2D eigenvalue weighted by molar-refractivity contribution is 5.96. The number of ether oxygens (including phenoxy) is 2. The van der Waals surface area contributed by atoms with E-state index in [1.54, 1.807) is 14.2 Å². The van der Waals surface area contributed by atoms with Gasteiger partial charge in [-0.2, -0.15) is 0 Å². The van der Waals surface area contributed by atoms with Crippen LogP contribution in [0.4, 0.5) is 5.69 Å². The van der Waals surface area contributed by atoms with Gasteiger partial charge in [-0.15, -0.1) is 0 Å². The highest BCUT2D eigenvalue weighted by Crippen LogP contribution is 2.39. The number of carbonyl (C=O) groups excluding carboxylic acids is 1. The van der Waals surface area contributed by atoms with Gasteiger partial charge in [-0.3, -0.25) is 9.69 Å². The highest BCUT2D eigenvalue weighted by Gasteiger charge is 2.32. The van der Waals surface area contributed by atoms with E-state index in [-0.39, 0.29) is 12.5 Å². The fraction of sp³-hybridized carbons (Fsp3) is 0.381. The Bertz CT molecular complexity index is 867. The number of methoxy groups -OCH3 is 2. The molecule has 0 unspecified atom stereocenters. The summed E-state index contributed by atoms with van der Waals surface area (Å²) >= 11 is 0. The second-order valence-electron chi connectivity index (χ2n) is 6.97. The number of amides is 1. The van der Waals surface area contributed by atoms with Gasteiger partial charge in [-0.25, -0.2) is 0 Å². The minimum atomic E-state index is -0.725. The first kappa shape index (κ1) is 17.8. The molecule has 6 nitrogen and oxygen atoms in total. The van der Waals surface area contributed by atoms with Gasteiger partial charge in [0.2, 0.25) is 5.91 Å². The van der Waals surface area contributed by atoms with E-state index in [0.717, 1.165) is 23.2 Å². The molecule has 1 atom stereocenters. The SMILES string of the molecule is COc1ccc(OC)c2c1CN(CC(=O)N1CCc3ccccc31)C[C@@H]2O. The van der Waals surface area contributed by atoms with Crippen molar-refractivity contribution in [3.8, 4) is 11.5 Å². The fourth-order valence-corrected chi connectivity index (χ4v) is 4.14. The largest absolute Gasteiger partial charge is 0.496 e. The molecule has 6 heteroatoms. The van der Waals surface area contributed by atoms with Gasteiger partial charge in [0, 0.05) is 36.4 Å². The summed E-state index contributed by atoms with van der Waals surface area (Å²) in [5.74, 6) is 1.41. The Morgan fingerprint density at radius 2 is 1.89 bits per heavy atom. The number of β-amino-alcohol motifs (C(OH)–C–C–N with tert-alkyl or cyclic N) is 1. The van der Waals surface area contributed by atoms with Crippen LogP contribution in [-0.4, -0.2) is 49.8 Å². The van der Waals surface area contributed by atoms with Gasteiger partial charge in [-0.05, 0) is 30.2 Å². The lowest BCUT2D eigenvalue weighted by Gasteiger charge is -2.34. The summed E-state index contributed by atoms with van der Waals surface area (Å²) in [6.45, 7) is 1.89. The van der Waals surface area contributed by atoms with Crippen molar-refractivity contribution < 1.29 is 19.4 Å². The first-order chi connectivity index (χ1) is 13.1. The Hall–Kier alpha value is -2.57. The first-order valence-electron chi connectivity index (χ1n) is 9.14. The maximum Gasteiger partial charge on any atom is 0.241 e. The highest BCUT2D eigenvalue weighted by atomic mass is 16.5. The normalized spacial score (nSPS) is 18.8. The topological polar surface area (TPSA) is 62.2 Å². The van der Waals surface area contributed by atoms with Gasteiger partial charge in [0.1, 0.15) is 11.5 Å². The van der Waals surface area contributed by atoms with Crippen LogP contribution in [0.25, 0.3) is 0 Å². The van der Waals surface area contributed by atoms with E-state index in [4.69, 9.17) is 9.47 Å². The quantitative estimate of drug-likeness (QED) is 0.896. The summed E-state index contributed by atoms with van der Waals surface area (Å²) in [4.78, 5) is 16.7. The van der Waals surface area contributed by atoms with Gasteiger partial charge >= 0.3 is 0 Å². The molecular formula is C21H24N2O4. The Morgan fingerprint density at radius 1 is 1.15 bits per heavy atom. The maximum absolute atomic E-state index is 12.9. The zero-order valence-electron chi connectivity index (χ0n) is 15.6. The molecular weight excluding hydrogens is 344 g/mol. The monoisotopic (exact) mass is 368 g/mol. The van der Waals surface area contributed by atoms with Crippen LogP contribution in [0.15, 0.2) is 36.4 Å². The minimum Gasteiger partial charge on any atom is -0.496 e. The smallest absolute Gasteiger partial charge is 0.241 e. The summed E-state index contributed by atoms with van der Waals surface area (Å²) in [7, 11) is 3.20. The van der Waals surface area contributed by atoms with Crippen LogP contribution in [-0.2, 0) is 17.8 Å². The number of para-hydroxylation sites is 1. The number of rotatable bonds is 4. The predicted molar refractivity (Wildman–Crippen MR) is 102 cm³/mol. The lowest BCUT2D eigenvalue weighted by atomic mass is 9.95. The lowest BCUT2D eigenvalue weighted by Crippen LogP contribution is -2.43. The van der Waals surface area contributed by atoms with Gasteiger partial charge in [0.05, 0.1) is 26.9 Å². The number of aliphatic hydroxyl groups excluding tert-OH is 1. The summed E-state index contributed by atoms with van der Waals surface area (Å²) in [5.41, 5.74) is 3.85. The summed E-state index contributed by atoms with van der Waals surface area (Å²) < 4.78 is 10.9. The number of anilines is 1. The maximum atomic E-state index is 12.9. The molecule has 0 radical (unpaired) electrons. The number of aliphatic hydroxyl groups is 1. The average Bonchev–Trinajstić information content (AvgIpc) is 3.11. The van der Waals surface area contributed by atoms with Crippen molar-refractivity contribution in [2.24, 2.45) is 0 Å². The predicted octanol–water partition coefficient (Wildman–Crippen LogP) is 2.14. The molecule has 2 aliphatic rings. The number of fused-ring (bicyclic) bond motifs is 2. The molecule has 4 rings (SSSR count). The van der Waals surface area contributed by atoms with Gasteiger partial charge < -0.3 is 19.5 Å². The molecule has 0 aromatic heterocycles. The van der Waals surface area contributed by atoms with E-state index in [2.05, 4.69) is 6.07 Å². The van der Waals surface area contributed by atoms with Crippen LogP contribution in [0.3, 0.4) is 0 Å². The van der Waals surface area contributed by atoms with Crippen LogP contribution in [0.2, 0.25) is 0 Å². The van der Waals surface area contributed by atoms with Crippen molar-refractivity contribution in [2.75, 3.05) is 38.8 Å². The molecule has 0 fully saturated rings. The van der Waals surface area contributed by atoms with Crippen LogP contribution in [0, 0.1) is 0 Å². The van der Waals surface area contributed by atoms with Crippen molar-refractivity contribution in [1.82, 2.24) is 4.90 Å². The standard InChI is InChI=1S/C21H24N2O4/c1-26-18-7-8-19(27-2)21-15(18)11-22(12-17(21)24)13-20(25)23-10-9-14-5-3-4-6-16(14)23/h3-8,17,24H,9-13H2,1-2H3/t17-/m0/s1. The van der Waals surface area contributed by atoms with E-state index >= 15 is 0 Å². The van der Waals surface area contributed by atoms with E-state index in [9.17, 15) is 9.90 Å².